The van der Waals surface area contributed by atoms with Gasteiger partial charge in [-0.1, -0.05) is 84.9 Å². The number of hydrogen-bond acceptors (Lipinski definition) is 2. The molecule has 0 atom stereocenters. The Bertz CT molecular complexity index is 1250. The highest BCUT2D eigenvalue weighted by atomic mass is 16.3. The first-order valence-electron chi connectivity index (χ1n) is 11.9. The second-order valence-corrected chi connectivity index (χ2v) is 9.40. The van der Waals surface area contributed by atoms with Gasteiger partial charge in [0.25, 0.3) is 0 Å². The van der Waals surface area contributed by atoms with Crippen LogP contribution in [0.25, 0.3) is 22.3 Å². The average molecular weight is 433 g/mol. The third-order valence-corrected chi connectivity index (χ3v) is 7.76. The summed E-state index contributed by atoms with van der Waals surface area (Å²) in [6.07, 6.45) is 3.13. The summed E-state index contributed by atoms with van der Waals surface area (Å²) < 4.78 is 0. The van der Waals surface area contributed by atoms with Crippen LogP contribution in [0.5, 0.6) is 0 Å². The van der Waals surface area contributed by atoms with Crippen molar-refractivity contribution in [3.05, 3.63) is 118 Å². The van der Waals surface area contributed by atoms with E-state index in [4.69, 9.17) is 0 Å². The van der Waals surface area contributed by atoms with Gasteiger partial charge >= 0.3 is 0 Å². The molecule has 2 N–H and O–H groups in total. The van der Waals surface area contributed by atoms with E-state index in [1.165, 1.54) is 55.6 Å². The summed E-state index contributed by atoms with van der Waals surface area (Å²) in [6, 6.07) is 30.4. The minimum Gasteiger partial charge on any atom is -0.396 e. The lowest BCUT2D eigenvalue weighted by Gasteiger charge is -2.37. The van der Waals surface area contributed by atoms with Crippen LogP contribution in [0.2, 0.25) is 0 Å². The highest BCUT2D eigenvalue weighted by Crippen LogP contribution is 2.49. The third-order valence-electron chi connectivity index (χ3n) is 7.76. The van der Waals surface area contributed by atoms with Crippen LogP contribution in [0.3, 0.4) is 0 Å². The van der Waals surface area contributed by atoms with Crippen molar-refractivity contribution in [1.82, 2.24) is 0 Å². The number of benzene rings is 4. The lowest BCUT2D eigenvalue weighted by Crippen LogP contribution is -2.35. The molecule has 0 heterocycles. The zero-order valence-corrected chi connectivity index (χ0v) is 18.7. The van der Waals surface area contributed by atoms with E-state index in [1.807, 2.05) is 0 Å². The molecule has 33 heavy (non-hydrogen) atoms. The van der Waals surface area contributed by atoms with Crippen molar-refractivity contribution in [2.24, 2.45) is 0 Å². The Morgan fingerprint density at radius 3 is 1.55 bits per heavy atom. The maximum atomic E-state index is 11.1. The zero-order chi connectivity index (χ0) is 22.4. The Morgan fingerprint density at radius 2 is 1.06 bits per heavy atom. The van der Waals surface area contributed by atoms with Gasteiger partial charge in [-0.3, -0.25) is 0 Å². The van der Waals surface area contributed by atoms with Crippen molar-refractivity contribution in [2.45, 2.75) is 31.1 Å². The maximum Gasteiger partial charge on any atom is 0.0568 e. The van der Waals surface area contributed by atoms with E-state index < -0.39 is 5.41 Å². The average Bonchev–Trinajstić information content (AvgIpc) is 3.44. The molecular formula is C31H28O2. The van der Waals surface area contributed by atoms with Crippen molar-refractivity contribution in [1.29, 1.82) is 0 Å². The molecule has 2 aliphatic carbocycles. The summed E-state index contributed by atoms with van der Waals surface area (Å²) in [5.74, 6) is 0. The SMILES string of the molecule is OCCCC(CO)(c1cccc2c1Cc1ccccc1-2)c1cccc2c1Cc1ccccc1-2. The van der Waals surface area contributed by atoms with Gasteiger partial charge in [-0.05, 0) is 81.3 Å². The molecule has 0 saturated heterocycles. The van der Waals surface area contributed by atoms with E-state index in [2.05, 4.69) is 84.9 Å². The van der Waals surface area contributed by atoms with Crippen LogP contribution in [0.15, 0.2) is 84.9 Å². The van der Waals surface area contributed by atoms with Crippen molar-refractivity contribution in [2.75, 3.05) is 13.2 Å². The molecular weight excluding hydrogens is 404 g/mol. The van der Waals surface area contributed by atoms with Gasteiger partial charge in [0.1, 0.15) is 0 Å². The molecule has 4 aromatic rings. The maximum absolute atomic E-state index is 11.1. The molecule has 0 aromatic heterocycles. The summed E-state index contributed by atoms with van der Waals surface area (Å²) in [5, 5.41) is 20.9. The van der Waals surface area contributed by atoms with E-state index in [0.29, 0.717) is 12.8 Å². The first-order chi connectivity index (χ1) is 16.3. The van der Waals surface area contributed by atoms with Crippen LogP contribution in [0.4, 0.5) is 0 Å². The molecule has 0 amide bonds. The second kappa shape index (κ2) is 7.98. The smallest absolute Gasteiger partial charge is 0.0568 e. The number of hydrogen-bond donors (Lipinski definition) is 2. The second-order valence-electron chi connectivity index (χ2n) is 9.40. The van der Waals surface area contributed by atoms with Gasteiger partial charge in [-0.15, -0.1) is 0 Å². The zero-order valence-electron chi connectivity index (χ0n) is 18.7. The molecule has 6 rings (SSSR count). The molecule has 164 valence electrons. The minimum atomic E-state index is -0.552. The molecule has 2 aliphatic rings. The first kappa shape index (κ1) is 20.4. The standard InChI is InChI=1S/C31H28O2/c32-17-7-16-31(20-33,29-14-5-12-25-23-10-3-1-8-21(23)18-27(25)29)30-15-6-13-26-24-11-4-2-9-22(24)19-28(26)30/h1-6,8-15,32-33H,7,16-20H2. The Kier molecular flexibility index (Phi) is 4.94. The van der Waals surface area contributed by atoms with E-state index >= 15 is 0 Å². The van der Waals surface area contributed by atoms with Crippen LogP contribution in [0.1, 0.15) is 46.2 Å². The molecule has 0 fully saturated rings. The molecule has 0 unspecified atom stereocenters. The molecule has 0 aliphatic heterocycles. The lowest BCUT2D eigenvalue weighted by molar-refractivity contribution is 0.193. The van der Waals surface area contributed by atoms with Gasteiger partial charge in [0.15, 0.2) is 0 Å². The minimum absolute atomic E-state index is 0.0204. The molecule has 0 bridgehead atoms. The fraction of sp³-hybridized carbons (Fsp3) is 0.226. The number of rotatable bonds is 6. The largest absolute Gasteiger partial charge is 0.396 e. The van der Waals surface area contributed by atoms with Crippen LogP contribution in [0, 0.1) is 0 Å². The number of aliphatic hydroxyl groups excluding tert-OH is 2. The summed E-state index contributed by atoms with van der Waals surface area (Å²) >= 11 is 0. The van der Waals surface area contributed by atoms with Gasteiger partial charge in [0.05, 0.1) is 6.61 Å². The lowest BCUT2D eigenvalue weighted by atomic mass is 9.68. The highest BCUT2D eigenvalue weighted by molar-refractivity contribution is 5.81. The van der Waals surface area contributed by atoms with Gasteiger partial charge in [0.2, 0.25) is 0 Å². The van der Waals surface area contributed by atoms with E-state index in [1.54, 1.807) is 0 Å². The molecule has 0 spiro atoms. The van der Waals surface area contributed by atoms with Crippen molar-refractivity contribution < 1.29 is 10.2 Å². The van der Waals surface area contributed by atoms with Crippen LogP contribution in [-0.4, -0.2) is 23.4 Å². The summed E-state index contributed by atoms with van der Waals surface area (Å²) in [4.78, 5) is 0. The third kappa shape index (κ3) is 3.02. The van der Waals surface area contributed by atoms with Gasteiger partial charge in [0, 0.05) is 12.0 Å². The van der Waals surface area contributed by atoms with Crippen LogP contribution < -0.4 is 0 Å². The van der Waals surface area contributed by atoms with E-state index in [-0.39, 0.29) is 13.2 Å². The highest BCUT2D eigenvalue weighted by Gasteiger charge is 2.40. The fourth-order valence-corrected chi connectivity index (χ4v) is 6.26. The van der Waals surface area contributed by atoms with E-state index in [9.17, 15) is 10.2 Å². The van der Waals surface area contributed by atoms with Crippen molar-refractivity contribution >= 4 is 0 Å². The van der Waals surface area contributed by atoms with Crippen molar-refractivity contribution in [3.8, 4) is 22.3 Å². The Hall–Kier alpha value is -3.20. The van der Waals surface area contributed by atoms with E-state index in [0.717, 1.165) is 12.8 Å². The van der Waals surface area contributed by atoms with Gasteiger partial charge in [-0.25, -0.2) is 0 Å². The normalized spacial score (nSPS) is 13.4. The molecule has 2 nitrogen and oxygen atoms in total. The Balaban J connectivity index is 1.58. The van der Waals surface area contributed by atoms with Crippen LogP contribution in [-0.2, 0) is 18.3 Å². The molecule has 0 saturated carbocycles. The summed E-state index contributed by atoms with van der Waals surface area (Å²) in [5.41, 5.74) is 12.3. The molecule has 4 aromatic carbocycles. The monoisotopic (exact) mass is 432 g/mol. The van der Waals surface area contributed by atoms with Crippen LogP contribution >= 0.6 is 0 Å². The molecule has 2 heteroatoms. The van der Waals surface area contributed by atoms with Gasteiger partial charge in [-0.2, -0.15) is 0 Å². The van der Waals surface area contributed by atoms with Gasteiger partial charge < -0.3 is 10.2 Å². The first-order valence-corrected chi connectivity index (χ1v) is 11.9. The summed E-state index contributed by atoms with van der Waals surface area (Å²) in [6.45, 7) is 0.138. The summed E-state index contributed by atoms with van der Waals surface area (Å²) in [7, 11) is 0. The number of fused-ring (bicyclic) bond motifs is 6. The predicted octanol–water partition coefficient (Wildman–Crippen LogP) is 5.88. The van der Waals surface area contributed by atoms with Crippen molar-refractivity contribution in [3.63, 3.8) is 0 Å². The number of aliphatic hydroxyl groups is 2. The quantitative estimate of drug-likeness (QED) is 0.345. The Labute approximate surface area is 195 Å². The Morgan fingerprint density at radius 1 is 0.576 bits per heavy atom. The fourth-order valence-electron chi connectivity index (χ4n) is 6.26. The molecule has 0 radical (unpaired) electrons. The predicted molar refractivity (Wildman–Crippen MR) is 134 cm³/mol. The topological polar surface area (TPSA) is 40.5 Å².